The minimum absolute atomic E-state index is 0.0410. The van der Waals surface area contributed by atoms with Crippen molar-refractivity contribution in [3.05, 3.63) is 28.8 Å². The molecule has 0 spiro atoms. The number of carbonyl (C=O) groups excluding carboxylic acids is 1. The number of benzene rings is 1. The highest BCUT2D eigenvalue weighted by Crippen LogP contribution is 2.36. The van der Waals surface area contributed by atoms with Crippen LogP contribution in [0, 0.1) is 0 Å². The van der Waals surface area contributed by atoms with Crippen molar-refractivity contribution in [2.24, 2.45) is 4.99 Å². The van der Waals surface area contributed by atoms with Crippen LogP contribution in [-0.2, 0) is 11.0 Å². The van der Waals surface area contributed by atoms with Crippen molar-refractivity contribution in [1.82, 2.24) is 5.32 Å². The molecular formula is C12H11ClF3N3O. The van der Waals surface area contributed by atoms with Gasteiger partial charge in [0.25, 0.3) is 5.91 Å². The molecule has 1 aromatic carbocycles. The molecule has 1 aromatic rings. The summed E-state index contributed by atoms with van der Waals surface area (Å²) in [4.78, 5) is 15.7. The highest BCUT2D eigenvalue weighted by Gasteiger charge is 2.34. The Labute approximate surface area is 118 Å². The first-order valence-corrected chi connectivity index (χ1v) is 6.22. The molecule has 108 valence electrons. The summed E-state index contributed by atoms with van der Waals surface area (Å²) in [6.45, 7) is 1.04. The average molecular weight is 306 g/mol. The Morgan fingerprint density at radius 1 is 1.40 bits per heavy atom. The second-order valence-electron chi connectivity index (χ2n) is 4.15. The number of hydrogen-bond acceptors (Lipinski definition) is 3. The van der Waals surface area contributed by atoms with E-state index < -0.39 is 17.6 Å². The van der Waals surface area contributed by atoms with Crippen molar-refractivity contribution in [3.63, 3.8) is 0 Å². The van der Waals surface area contributed by atoms with Crippen molar-refractivity contribution in [1.29, 1.82) is 0 Å². The van der Waals surface area contributed by atoms with E-state index in [-0.39, 0.29) is 16.5 Å². The normalized spacial score (nSPS) is 15.3. The molecule has 8 heteroatoms. The molecule has 0 aromatic heterocycles. The second-order valence-corrected chi connectivity index (χ2v) is 4.59. The van der Waals surface area contributed by atoms with Crippen molar-refractivity contribution < 1.29 is 18.0 Å². The summed E-state index contributed by atoms with van der Waals surface area (Å²) < 4.78 is 38.6. The van der Waals surface area contributed by atoms with Crippen molar-refractivity contribution >= 4 is 29.0 Å². The van der Waals surface area contributed by atoms with Gasteiger partial charge in [-0.2, -0.15) is 13.2 Å². The number of carbonyl (C=O) groups is 1. The summed E-state index contributed by atoms with van der Waals surface area (Å²) >= 11 is 5.56. The van der Waals surface area contributed by atoms with Gasteiger partial charge in [0.15, 0.2) is 5.84 Å². The average Bonchev–Trinajstić information content (AvgIpc) is 2.40. The molecule has 1 aliphatic heterocycles. The monoisotopic (exact) mass is 305 g/mol. The summed E-state index contributed by atoms with van der Waals surface area (Å²) in [5.74, 6) is -0.656. The van der Waals surface area contributed by atoms with Crippen LogP contribution in [0.4, 0.5) is 18.9 Å². The van der Waals surface area contributed by atoms with Crippen LogP contribution >= 0.6 is 11.6 Å². The van der Waals surface area contributed by atoms with Gasteiger partial charge in [-0.3, -0.25) is 9.79 Å². The van der Waals surface area contributed by atoms with E-state index in [1.165, 1.54) is 6.07 Å². The smallest absolute Gasteiger partial charge is 0.366 e. The van der Waals surface area contributed by atoms with E-state index in [4.69, 9.17) is 11.6 Å². The maximum Gasteiger partial charge on any atom is 0.418 e. The number of amides is 1. The molecule has 4 nitrogen and oxygen atoms in total. The van der Waals surface area contributed by atoms with E-state index in [2.05, 4.69) is 15.6 Å². The number of halogens is 4. The number of nitrogens with one attached hydrogen (secondary N) is 2. The van der Waals surface area contributed by atoms with Gasteiger partial charge in [0.2, 0.25) is 0 Å². The molecule has 0 radical (unpaired) electrons. The van der Waals surface area contributed by atoms with Gasteiger partial charge >= 0.3 is 6.18 Å². The Balaban J connectivity index is 2.25. The summed E-state index contributed by atoms with van der Waals surface area (Å²) in [6.07, 6.45) is -3.82. The molecule has 1 heterocycles. The SMILES string of the molecule is O=C(Nc1ccc(Cl)cc1C(F)(F)F)C1=NCCCN1. The van der Waals surface area contributed by atoms with Crippen LogP contribution < -0.4 is 10.6 Å². The van der Waals surface area contributed by atoms with E-state index in [9.17, 15) is 18.0 Å². The lowest BCUT2D eigenvalue weighted by molar-refractivity contribution is -0.136. The Kier molecular flexibility index (Phi) is 4.17. The van der Waals surface area contributed by atoms with Gasteiger partial charge in [0, 0.05) is 18.1 Å². The highest BCUT2D eigenvalue weighted by atomic mass is 35.5. The number of nitrogens with zero attached hydrogens (tertiary/aromatic N) is 1. The van der Waals surface area contributed by atoms with Crippen LogP contribution in [0.5, 0.6) is 0 Å². The van der Waals surface area contributed by atoms with E-state index >= 15 is 0 Å². The first-order chi connectivity index (χ1) is 9.38. The maximum absolute atomic E-state index is 12.9. The number of rotatable bonds is 2. The van der Waals surface area contributed by atoms with E-state index in [1.54, 1.807) is 0 Å². The van der Waals surface area contributed by atoms with Crippen LogP contribution in [0.2, 0.25) is 5.02 Å². The summed E-state index contributed by atoms with van der Waals surface area (Å²) in [5.41, 5.74) is -1.34. The van der Waals surface area contributed by atoms with Crippen molar-refractivity contribution in [2.75, 3.05) is 18.4 Å². The quantitative estimate of drug-likeness (QED) is 0.882. The molecule has 1 amide bonds. The van der Waals surface area contributed by atoms with E-state index in [0.29, 0.717) is 13.1 Å². The summed E-state index contributed by atoms with van der Waals surface area (Å²) in [5, 5.41) is 4.89. The van der Waals surface area contributed by atoms with Gasteiger partial charge in [-0.15, -0.1) is 0 Å². The third-order valence-corrected chi connectivity index (χ3v) is 2.88. The maximum atomic E-state index is 12.9. The molecule has 0 fully saturated rings. The van der Waals surface area contributed by atoms with Gasteiger partial charge in [-0.25, -0.2) is 0 Å². The number of anilines is 1. The highest BCUT2D eigenvalue weighted by molar-refractivity contribution is 6.42. The predicted molar refractivity (Wildman–Crippen MR) is 70.0 cm³/mol. The standard InChI is InChI=1S/C12H11ClF3N3O/c13-7-2-3-9(8(6-7)12(14,15)16)19-11(20)10-17-4-1-5-18-10/h2-3,6H,1,4-5H2,(H,17,18)(H,19,20). The molecule has 0 atom stereocenters. The molecule has 20 heavy (non-hydrogen) atoms. The third kappa shape index (κ3) is 3.41. The Morgan fingerprint density at radius 3 is 2.75 bits per heavy atom. The van der Waals surface area contributed by atoms with Crippen LogP contribution in [-0.4, -0.2) is 24.8 Å². The number of aliphatic imine (C=N–C) groups is 1. The summed E-state index contributed by atoms with van der Waals surface area (Å²) in [6, 6.07) is 3.17. The van der Waals surface area contributed by atoms with Crippen LogP contribution in [0.3, 0.4) is 0 Å². The number of hydrogen-bond donors (Lipinski definition) is 2. The molecule has 0 saturated heterocycles. The van der Waals surface area contributed by atoms with Gasteiger partial charge in [0.05, 0.1) is 11.3 Å². The zero-order valence-electron chi connectivity index (χ0n) is 10.2. The van der Waals surface area contributed by atoms with Gasteiger partial charge in [0.1, 0.15) is 0 Å². The first kappa shape index (κ1) is 14.6. The van der Waals surface area contributed by atoms with E-state index in [1.807, 2.05) is 0 Å². The van der Waals surface area contributed by atoms with Crippen LogP contribution in [0.15, 0.2) is 23.2 Å². The zero-order chi connectivity index (χ0) is 14.8. The fourth-order valence-electron chi connectivity index (χ4n) is 1.73. The molecule has 2 N–H and O–H groups in total. The molecule has 2 rings (SSSR count). The topological polar surface area (TPSA) is 53.5 Å². The molecule has 0 bridgehead atoms. The molecule has 1 aliphatic rings. The Bertz CT molecular complexity index is 557. The van der Waals surface area contributed by atoms with Gasteiger partial charge in [-0.1, -0.05) is 11.6 Å². The second kappa shape index (κ2) is 5.70. The fraction of sp³-hybridized carbons (Fsp3) is 0.333. The van der Waals surface area contributed by atoms with Crippen LogP contribution in [0.25, 0.3) is 0 Å². The Hall–Kier alpha value is -1.76. The molecular weight excluding hydrogens is 295 g/mol. The van der Waals surface area contributed by atoms with Crippen LogP contribution in [0.1, 0.15) is 12.0 Å². The van der Waals surface area contributed by atoms with Gasteiger partial charge < -0.3 is 10.6 Å². The zero-order valence-corrected chi connectivity index (χ0v) is 11.0. The minimum Gasteiger partial charge on any atom is -0.366 e. The number of amidine groups is 1. The first-order valence-electron chi connectivity index (χ1n) is 5.84. The summed E-state index contributed by atoms with van der Waals surface area (Å²) in [7, 11) is 0. The molecule has 0 aliphatic carbocycles. The molecule has 0 saturated carbocycles. The van der Waals surface area contributed by atoms with E-state index in [0.717, 1.165) is 18.6 Å². The largest absolute Gasteiger partial charge is 0.418 e. The fourth-order valence-corrected chi connectivity index (χ4v) is 1.90. The predicted octanol–water partition coefficient (Wildman–Crippen LogP) is 2.69. The Morgan fingerprint density at radius 2 is 2.15 bits per heavy atom. The molecule has 0 unspecified atom stereocenters. The van der Waals surface area contributed by atoms with Crippen molar-refractivity contribution in [2.45, 2.75) is 12.6 Å². The number of alkyl halides is 3. The minimum atomic E-state index is -4.60. The lowest BCUT2D eigenvalue weighted by atomic mass is 10.1. The van der Waals surface area contributed by atoms with Crippen molar-refractivity contribution in [3.8, 4) is 0 Å². The lowest BCUT2D eigenvalue weighted by Crippen LogP contribution is -2.39. The lowest BCUT2D eigenvalue weighted by Gasteiger charge is -2.17. The van der Waals surface area contributed by atoms with Gasteiger partial charge in [-0.05, 0) is 24.6 Å². The third-order valence-electron chi connectivity index (χ3n) is 2.65.